The van der Waals surface area contributed by atoms with Gasteiger partial charge in [-0.15, -0.1) is 0 Å². The van der Waals surface area contributed by atoms with Crippen LogP contribution in [0, 0.1) is 12.8 Å². The first-order chi connectivity index (χ1) is 8.79. The lowest BCUT2D eigenvalue weighted by Crippen LogP contribution is -2.10. The van der Waals surface area contributed by atoms with Gasteiger partial charge in [0.05, 0.1) is 13.7 Å². The molecule has 1 fully saturated rings. The summed E-state index contributed by atoms with van der Waals surface area (Å²) < 4.78 is 11.1. The topological polar surface area (TPSA) is 30.5 Å². The summed E-state index contributed by atoms with van der Waals surface area (Å²) in [6.45, 7) is 5.88. The maximum absolute atomic E-state index is 5.77. The quantitative estimate of drug-likeness (QED) is 0.786. The minimum atomic E-state index is 0.644. The Balaban J connectivity index is 1.76. The van der Waals surface area contributed by atoms with Crippen molar-refractivity contribution in [2.24, 2.45) is 5.92 Å². The van der Waals surface area contributed by atoms with E-state index in [2.05, 4.69) is 24.4 Å². The van der Waals surface area contributed by atoms with Crippen LogP contribution >= 0.6 is 0 Å². The lowest BCUT2D eigenvalue weighted by Gasteiger charge is -2.11. The van der Waals surface area contributed by atoms with Crippen molar-refractivity contribution in [2.75, 3.05) is 26.8 Å². The number of nitrogens with one attached hydrogen (secondary N) is 1. The summed E-state index contributed by atoms with van der Waals surface area (Å²) in [5.74, 6) is 1.72. The molecule has 1 N–H and O–H groups in total. The molecule has 1 aliphatic rings. The first kappa shape index (κ1) is 13.4. The van der Waals surface area contributed by atoms with Crippen molar-refractivity contribution >= 4 is 0 Å². The summed E-state index contributed by atoms with van der Waals surface area (Å²) in [7, 11) is 1.71. The van der Waals surface area contributed by atoms with Crippen molar-refractivity contribution in [3.05, 3.63) is 29.3 Å². The van der Waals surface area contributed by atoms with Gasteiger partial charge < -0.3 is 14.8 Å². The standard InChI is InChI=1S/C15H23NO2/c1-12-3-4-15(17-2)14(9-12)11-18-8-6-13-5-7-16-10-13/h3-4,9,13,16H,5-8,10-11H2,1-2H3. The molecule has 100 valence electrons. The van der Waals surface area contributed by atoms with E-state index in [9.17, 15) is 0 Å². The van der Waals surface area contributed by atoms with E-state index in [0.29, 0.717) is 6.61 Å². The maximum atomic E-state index is 5.77. The zero-order valence-corrected chi connectivity index (χ0v) is 11.4. The van der Waals surface area contributed by atoms with Gasteiger partial charge in [0.25, 0.3) is 0 Å². The summed E-state index contributed by atoms with van der Waals surface area (Å²) >= 11 is 0. The molecule has 3 heteroatoms. The average molecular weight is 249 g/mol. The van der Waals surface area contributed by atoms with E-state index in [1.807, 2.05) is 6.07 Å². The lowest BCUT2D eigenvalue weighted by molar-refractivity contribution is 0.107. The van der Waals surface area contributed by atoms with Crippen LogP contribution in [-0.4, -0.2) is 26.8 Å². The van der Waals surface area contributed by atoms with Crippen LogP contribution in [0.5, 0.6) is 5.75 Å². The van der Waals surface area contributed by atoms with Crippen molar-refractivity contribution in [1.82, 2.24) is 5.32 Å². The number of aryl methyl sites for hydroxylation is 1. The zero-order valence-electron chi connectivity index (χ0n) is 11.4. The number of methoxy groups -OCH3 is 1. The monoisotopic (exact) mass is 249 g/mol. The van der Waals surface area contributed by atoms with E-state index < -0.39 is 0 Å². The molecule has 0 amide bonds. The maximum Gasteiger partial charge on any atom is 0.124 e. The second-order valence-corrected chi connectivity index (χ2v) is 5.02. The third kappa shape index (κ3) is 3.72. The predicted molar refractivity (Wildman–Crippen MR) is 73.0 cm³/mol. The van der Waals surface area contributed by atoms with Crippen LogP contribution in [0.25, 0.3) is 0 Å². The molecule has 1 unspecified atom stereocenters. The Bertz CT molecular complexity index is 373. The number of hydrogen-bond acceptors (Lipinski definition) is 3. The molecule has 1 aromatic rings. The Labute approximate surface area is 109 Å². The number of benzene rings is 1. The number of rotatable bonds is 6. The molecule has 18 heavy (non-hydrogen) atoms. The third-order valence-corrected chi connectivity index (χ3v) is 3.53. The fraction of sp³-hybridized carbons (Fsp3) is 0.600. The SMILES string of the molecule is COc1ccc(C)cc1COCCC1CCNC1. The van der Waals surface area contributed by atoms with Crippen molar-refractivity contribution in [1.29, 1.82) is 0 Å². The van der Waals surface area contributed by atoms with Gasteiger partial charge in [0.1, 0.15) is 5.75 Å². The fourth-order valence-corrected chi connectivity index (χ4v) is 2.41. The molecule has 1 aromatic carbocycles. The molecule has 0 saturated carbocycles. The molecular formula is C15H23NO2. The molecule has 1 saturated heterocycles. The molecule has 0 aliphatic carbocycles. The fourth-order valence-electron chi connectivity index (χ4n) is 2.41. The Kier molecular flexibility index (Phi) is 5.02. The van der Waals surface area contributed by atoms with E-state index in [4.69, 9.17) is 9.47 Å². The Morgan fingerprint density at radius 2 is 2.28 bits per heavy atom. The first-order valence-electron chi connectivity index (χ1n) is 6.71. The van der Waals surface area contributed by atoms with Crippen LogP contribution < -0.4 is 10.1 Å². The van der Waals surface area contributed by atoms with E-state index in [0.717, 1.165) is 43.3 Å². The van der Waals surface area contributed by atoms with Crippen molar-refractivity contribution < 1.29 is 9.47 Å². The van der Waals surface area contributed by atoms with E-state index in [1.165, 1.54) is 12.0 Å². The van der Waals surface area contributed by atoms with Gasteiger partial charge in [-0.25, -0.2) is 0 Å². The Morgan fingerprint density at radius 1 is 1.39 bits per heavy atom. The van der Waals surface area contributed by atoms with Crippen molar-refractivity contribution in [3.8, 4) is 5.75 Å². The molecule has 1 heterocycles. The van der Waals surface area contributed by atoms with Crippen LogP contribution in [0.4, 0.5) is 0 Å². The molecule has 0 radical (unpaired) electrons. The van der Waals surface area contributed by atoms with Gasteiger partial charge in [0.15, 0.2) is 0 Å². The van der Waals surface area contributed by atoms with E-state index in [-0.39, 0.29) is 0 Å². The summed E-state index contributed by atoms with van der Waals surface area (Å²) in [4.78, 5) is 0. The summed E-state index contributed by atoms with van der Waals surface area (Å²) in [5, 5.41) is 3.38. The Hall–Kier alpha value is -1.06. The average Bonchev–Trinajstić information content (AvgIpc) is 2.88. The van der Waals surface area contributed by atoms with Crippen LogP contribution in [0.15, 0.2) is 18.2 Å². The predicted octanol–water partition coefficient (Wildman–Crippen LogP) is 2.52. The van der Waals surface area contributed by atoms with Crippen LogP contribution in [0.3, 0.4) is 0 Å². The summed E-state index contributed by atoms with van der Waals surface area (Å²) in [5.41, 5.74) is 2.39. The van der Waals surface area contributed by atoms with Gasteiger partial charge in [-0.2, -0.15) is 0 Å². The van der Waals surface area contributed by atoms with E-state index in [1.54, 1.807) is 7.11 Å². The second kappa shape index (κ2) is 6.76. The van der Waals surface area contributed by atoms with Gasteiger partial charge in [0, 0.05) is 12.2 Å². The Morgan fingerprint density at radius 3 is 3.00 bits per heavy atom. The van der Waals surface area contributed by atoms with E-state index >= 15 is 0 Å². The van der Waals surface area contributed by atoms with Gasteiger partial charge in [-0.05, 0) is 44.8 Å². The smallest absolute Gasteiger partial charge is 0.124 e. The highest BCUT2D eigenvalue weighted by atomic mass is 16.5. The van der Waals surface area contributed by atoms with Crippen LogP contribution in [-0.2, 0) is 11.3 Å². The first-order valence-corrected chi connectivity index (χ1v) is 6.71. The van der Waals surface area contributed by atoms with Gasteiger partial charge in [0.2, 0.25) is 0 Å². The molecule has 0 aromatic heterocycles. The molecular weight excluding hydrogens is 226 g/mol. The molecule has 0 spiro atoms. The largest absolute Gasteiger partial charge is 0.496 e. The summed E-state index contributed by atoms with van der Waals surface area (Å²) in [6, 6.07) is 6.21. The normalized spacial score (nSPS) is 19.1. The number of ether oxygens (including phenoxy) is 2. The molecule has 0 bridgehead atoms. The molecule has 1 aliphatic heterocycles. The highest BCUT2D eigenvalue weighted by molar-refractivity contribution is 5.36. The highest BCUT2D eigenvalue weighted by Gasteiger charge is 2.13. The second-order valence-electron chi connectivity index (χ2n) is 5.02. The van der Waals surface area contributed by atoms with Crippen molar-refractivity contribution in [2.45, 2.75) is 26.4 Å². The molecule has 1 atom stereocenters. The van der Waals surface area contributed by atoms with Crippen LogP contribution in [0.1, 0.15) is 24.0 Å². The molecule has 2 rings (SSSR count). The zero-order chi connectivity index (χ0) is 12.8. The third-order valence-electron chi connectivity index (χ3n) is 3.53. The van der Waals surface area contributed by atoms with Gasteiger partial charge in [-0.1, -0.05) is 17.7 Å². The summed E-state index contributed by atoms with van der Waals surface area (Å²) in [6.07, 6.45) is 2.44. The molecule has 3 nitrogen and oxygen atoms in total. The minimum absolute atomic E-state index is 0.644. The lowest BCUT2D eigenvalue weighted by atomic mass is 10.1. The van der Waals surface area contributed by atoms with Crippen molar-refractivity contribution in [3.63, 3.8) is 0 Å². The number of hydrogen-bond donors (Lipinski definition) is 1. The van der Waals surface area contributed by atoms with Gasteiger partial charge in [-0.3, -0.25) is 0 Å². The minimum Gasteiger partial charge on any atom is -0.496 e. The van der Waals surface area contributed by atoms with Gasteiger partial charge >= 0.3 is 0 Å². The van der Waals surface area contributed by atoms with Crippen LogP contribution in [0.2, 0.25) is 0 Å². The highest BCUT2D eigenvalue weighted by Crippen LogP contribution is 2.21.